The number of unbranched alkanes of at least 4 members (excludes halogenated alkanes) is 7. The number of hydrogen-bond donors (Lipinski definition) is 2. The molecule has 0 spiro atoms. The summed E-state index contributed by atoms with van der Waals surface area (Å²) >= 11 is 0. The van der Waals surface area contributed by atoms with E-state index in [1.165, 1.54) is 12.8 Å². The summed E-state index contributed by atoms with van der Waals surface area (Å²) in [6, 6.07) is 0. The van der Waals surface area contributed by atoms with Crippen LogP contribution in [-0.2, 0) is 9.59 Å². The van der Waals surface area contributed by atoms with E-state index in [4.69, 9.17) is 0 Å². The van der Waals surface area contributed by atoms with E-state index in [1.54, 1.807) is 0 Å². The molecule has 0 aromatic carbocycles. The van der Waals surface area contributed by atoms with Crippen LogP contribution in [-0.4, -0.2) is 22.2 Å². The summed E-state index contributed by atoms with van der Waals surface area (Å²) in [5.74, 6) is -1.16. The first-order valence-electron chi connectivity index (χ1n) is 11.1. The molecule has 0 radical (unpaired) electrons. The molecule has 0 amide bonds. The summed E-state index contributed by atoms with van der Waals surface area (Å²) in [6.45, 7) is 0. The molecule has 154 valence electrons. The van der Waals surface area contributed by atoms with Crippen molar-refractivity contribution in [3.8, 4) is 0 Å². The summed E-state index contributed by atoms with van der Waals surface area (Å²) in [7, 11) is 0. The second-order valence-electron chi connectivity index (χ2n) is 8.90. The molecule has 2 fully saturated rings. The van der Waals surface area contributed by atoms with Crippen LogP contribution >= 0.6 is 0 Å². The minimum atomic E-state index is -0.584. The molecular formula is C23H38O4. The Labute approximate surface area is 164 Å². The number of aliphatic carboxylic acids is 2. The summed E-state index contributed by atoms with van der Waals surface area (Å²) in [4.78, 5) is 22.6. The Morgan fingerprint density at radius 1 is 0.630 bits per heavy atom. The summed E-state index contributed by atoms with van der Waals surface area (Å²) < 4.78 is 0. The fourth-order valence-electron chi connectivity index (χ4n) is 4.57. The zero-order chi connectivity index (χ0) is 19.6. The van der Waals surface area contributed by atoms with E-state index >= 15 is 0 Å². The van der Waals surface area contributed by atoms with Crippen LogP contribution in [0, 0.1) is 10.8 Å². The maximum atomic E-state index is 11.3. The lowest BCUT2D eigenvalue weighted by Gasteiger charge is -2.37. The largest absolute Gasteiger partial charge is 0.481 e. The quantitative estimate of drug-likeness (QED) is 0.257. The fourth-order valence-corrected chi connectivity index (χ4v) is 4.57. The molecule has 0 unspecified atom stereocenters. The Hall–Kier alpha value is -1.32. The molecule has 0 bridgehead atoms. The highest BCUT2D eigenvalue weighted by atomic mass is 16.4. The Morgan fingerprint density at radius 2 is 1.00 bits per heavy atom. The van der Waals surface area contributed by atoms with Gasteiger partial charge in [-0.05, 0) is 64.2 Å². The first kappa shape index (κ1) is 22.0. The van der Waals surface area contributed by atoms with Crippen LogP contribution in [0.5, 0.6) is 0 Å². The zero-order valence-corrected chi connectivity index (χ0v) is 16.9. The Bertz CT molecular complexity index is 501. The standard InChI is InChI=1S/C23H38O4/c24-20(25)22(16-12-17-22)14-10-8-6-4-2-1-3-5-7-9-11-15-23(21(26)27)18-13-19-23/h1-2H,3-19H2,(H,24,25)(H,26,27)/b2-1-. The normalized spacial score (nSPS) is 20.1. The van der Waals surface area contributed by atoms with E-state index < -0.39 is 11.9 Å². The number of hydrogen-bond acceptors (Lipinski definition) is 2. The van der Waals surface area contributed by atoms with Crippen LogP contribution < -0.4 is 0 Å². The van der Waals surface area contributed by atoms with Crippen molar-refractivity contribution in [2.75, 3.05) is 0 Å². The molecule has 0 aromatic rings. The van der Waals surface area contributed by atoms with Crippen LogP contribution in [0.2, 0.25) is 0 Å². The number of carboxylic acids is 2. The molecule has 0 heterocycles. The average molecular weight is 379 g/mol. The minimum Gasteiger partial charge on any atom is -0.481 e. The van der Waals surface area contributed by atoms with Crippen molar-refractivity contribution in [2.45, 2.75) is 109 Å². The third-order valence-electron chi connectivity index (χ3n) is 7.00. The van der Waals surface area contributed by atoms with Gasteiger partial charge in [0.2, 0.25) is 0 Å². The average Bonchev–Trinajstić information content (AvgIpc) is 2.54. The van der Waals surface area contributed by atoms with Crippen LogP contribution in [0.3, 0.4) is 0 Å². The smallest absolute Gasteiger partial charge is 0.309 e. The zero-order valence-electron chi connectivity index (χ0n) is 16.9. The predicted molar refractivity (Wildman–Crippen MR) is 108 cm³/mol. The predicted octanol–water partition coefficient (Wildman–Crippen LogP) is 6.34. The van der Waals surface area contributed by atoms with Gasteiger partial charge < -0.3 is 10.2 Å². The molecule has 2 aliphatic carbocycles. The van der Waals surface area contributed by atoms with Crippen molar-refractivity contribution < 1.29 is 19.8 Å². The number of rotatable bonds is 15. The van der Waals surface area contributed by atoms with Gasteiger partial charge in [-0.1, -0.05) is 57.1 Å². The van der Waals surface area contributed by atoms with Gasteiger partial charge in [0.05, 0.1) is 10.8 Å². The summed E-state index contributed by atoms with van der Waals surface area (Å²) in [6.07, 6.45) is 22.0. The van der Waals surface area contributed by atoms with E-state index in [9.17, 15) is 19.8 Å². The van der Waals surface area contributed by atoms with Crippen molar-refractivity contribution in [1.82, 2.24) is 0 Å². The molecule has 4 heteroatoms. The summed E-state index contributed by atoms with van der Waals surface area (Å²) in [5.41, 5.74) is -0.749. The molecule has 0 atom stereocenters. The van der Waals surface area contributed by atoms with E-state index in [0.717, 1.165) is 96.3 Å². The van der Waals surface area contributed by atoms with Gasteiger partial charge in [0, 0.05) is 0 Å². The first-order chi connectivity index (χ1) is 13.0. The molecule has 0 aromatic heterocycles. The number of carboxylic acid groups (broad SMARTS) is 2. The lowest BCUT2D eigenvalue weighted by atomic mass is 9.66. The van der Waals surface area contributed by atoms with Crippen molar-refractivity contribution in [2.24, 2.45) is 10.8 Å². The van der Waals surface area contributed by atoms with Gasteiger partial charge in [0.1, 0.15) is 0 Å². The topological polar surface area (TPSA) is 74.6 Å². The maximum absolute atomic E-state index is 11.3. The van der Waals surface area contributed by atoms with Gasteiger partial charge >= 0.3 is 11.9 Å². The molecule has 2 saturated carbocycles. The first-order valence-corrected chi connectivity index (χ1v) is 11.1. The molecule has 2 N–H and O–H groups in total. The van der Waals surface area contributed by atoms with Gasteiger partial charge in [0.25, 0.3) is 0 Å². The summed E-state index contributed by atoms with van der Waals surface area (Å²) in [5, 5.41) is 18.6. The lowest BCUT2D eigenvalue weighted by Crippen LogP contribution is -2.37. The SMILES string of the molecule is O=C(O)C1(CCCCC/C=C\CCCCCCC2(C(=O)O)CCC2)CCC1. The third-order valence-corrected chi connectivity index (χ3v) is 7.00. The fraction of sp³-hybridized carbons (Fsp3) is 0.826. The molecular weight excluding hydrogens is 340 g/mol. The molecule has 4 nitrogen and oxygen atoms in total. The number of allylic oxidation sites excluding steroid dienone is 2. The Balaban J connectivity index is 1.38. The molecule has 2 aliphatic rings. The second-order valence-corrected chi connectivity index (χ2v) is 8.90. The molecule has 0 aliphatic heterocycles. The van der Waals surface area contributed by atoms with Gasteiger partial charge in [0.15, 0.2) is 0 Å². The van der Waals surface area contributed by atoms with Gasteiger partial charge in [-0.15, -0.1) is 0 Å². The maximum Gasteiger partial charge on any atom is 0.309 e. The highest BCUT2D eigenvalue weighted by Crippen LogP contribution is 2.46. The minimum absolute atomic E-state index is 0.372. The van der Waals surface area contributed by atoms with Crippen LogP contribution in [0.4, 0.5) is 0 Å². The number of carbonyl (C=O) groups is 2. The van der Waals surface area contributed by atoms with Crippen molar-refractivity contribution in [3.05, 3.63) is 12.2 Å². The van der Waals surface area contributed by atoms with E-state index in [2.05, 4.69) is 12.2 Å². The van der Waals surface area contributed by atoms with Gasteiger partial charge in [-0.2, -0.15) is 0 Å². The van der Waals surface area contributed by atoms with Crippen LogP contribution in [0.25, 0.3) is 0 Å². The van der Waals surface area contributed by atoms with Gasteiger partial charge in [-0.25, -0.2) is 0 Å². The van der Waals surface area contributed by atoms with Crippen molar-refractivity contribution >= 4 is 11.9 Å². The molecule has 27 heavy (non-hydrogen) atoms. The van der Waals surface area contributed by atoms with Crippen molar-refractivity contribution in [1.29, 1.82) is 0 Å². The van der Waals surface area contributed by atoms with Gasteiger partial charge in [-0.3, -0.25) is 9.59 Å². The van der Waals surface area contributed by atoms with Crippen LogP contribution in [0.1, 0.15) is 109 Å². The van der Waals surface area contributed by atoms with Crippen molar-refractivity contribution in [3.63, 3.8) is 0 Å². The van der Waals surface area contributed by atoms with Crippen LogP contribution in [0.15, 0.2) is 12.2 Å². The Morgan fingerprint density at radius 3 is 1.33 bits per heavy atom. The van der Waals surface area contributed by atoms with E-state index in [1.807, 2.05) is 0 Å². The molecule has 0 saturated heterocycles. The lowest BCUT2D eigenvalue weighted by molar-refractivity contribution is -0.156. The highest BCUT2D eigenvalue weighted by Gasteiger charge is 2.44. The Kier molecular flexibility index (Phi) is 8.85. The monoisotopic (exact) mass is 378 g/mol. The highest BCUT2D eigenvalue weighted by molar-refractivity contribution is 5.76. The molecule has 2 rings (SSSR count). The second kappa shape index (κ2) is 10.9. The third kappa shape index (κ3) is 6.36. The van der Waals surface area contributed by atoms with E-state index in [-0.39, 0.29) is 10.8 Å². The van der Waals surface area contributed by atoms with E-state index in [0.29, 0.717) is 0 Å².